The van der Waals surface area contributed by atoms with Gasteiger partial charge in [-0.25, -0.2) is 4.39 Å². The quantitative estimate of drug-likeness (QED) is 0.922. The fourth-order valence-corrected chi connectivity index (χ4v) is 2.92. The normalized spacial score (nSPS) is 22.6. The molecule has 1 aliphatic rings. The number of benzene rings is 1. The van der Waals surface area contributed by atoms with Crippen LogP contribution in [-0.2, 0) is 0 Å². The van der Waals surface area contributed by atoms with Crippen LogP contribution in [0.5, 0.6) is 0 Å². The fourth-order valence-electron chi connectivity index (χ4n) is 2.92. The van der Waals surface area contributed by atoms with Crippen LogP contribution in [0.3, 0.4) is 0 Å². The Morgan fingerprint density at radius 2 is 1.95 bits per heavy atom. The predicted molar refractivity (Wildman–Crippen MR) is 78.3 cm³/mol. The van der Waals surface area contributed by atoms with Gasteiger partial charge in [0.25, 0.3) is 5.91 Å². The molecule has 2 rings (SSSR count). The number of amides is 1. The van der Waals surface area contributed by atoms with Crippen molar-refractivity contribution >= 4 is 5.91 Å². The molecule has 1 N–H and O–H groups in total. The van der Waals surface area contributed by atoms with E-state index in [0.29, 0.717) is 11.6 Å². The Labute approximate surface area is 120 Å². The summed E-state index contributed by atoms with van der Waals surface area (Å²) in [6.45, 7) is 1.68. The SMILES string of the molecule is CNC1CCC(N(C)C(=O)c2cccc(C)c2F)CC1. The molecule has 0 radical (unpaired) electrons. The largest absolute Gasteiger partial charge is 0.339 e. The first-order chi connectivity index (χ1) is 9.54. The van der Waals surface area contributed by atoms with Crippen molar-refractivity contribution in [2.75, 3.05) is 14.1 Å². The van der Waals surface area contributed by atoms with Gasteiger partial charge in [-0.3, -0.25) is 4.79 Å². The third kappa shape index (κ3) is 3.01. The number of nitrogens with one attached hydrogen (secondary N) is 1. The summed E-state index contributed by atoms with van der Waals surface area (Å²) in [5.41, 5.74) is 0.700. The second-order valence-electron chi connectivity index (χ2n) is 5.65. The van der Waals surface area contributed by atoms with Crippen molar-refractivity contribution in [3.05, 3.63) is 35.1 Å². The predicted octanol–water partition coefficient (Wildman–Crippen LogP) is 2.74. The second kappa shape index (κ2) is 6.35. The minimum Gasteiger partial charge on any atom is -0.339 e. The summed E-state index contributed by atoms with van der Waals surface area (Å²) < 4.78 is 14.0. The minimum absolute atomic E-state index is 0.184. The molecule has 1 aliphatic carbocycles. The molecule has 0 aliphatic heterocycles. The van der Waals surface area contributed by atoms with Gasteiger partial charge in [0.05, 0.1) is 5.56 Å². The number of carbonyl (C=O) groups is 1. The molecule has 1 amide bonds. The van der Waals surface area contributed by atoms with E-state index in [2.05, 4.69) is 5.32 Å². The molecule has 4 heteroatoms. The van der Waals surface area contributed by atoms with Gasteiger partial charge >= 0.3 is 0 Å². The van der Waals surface area contributed by atoms with Gasteiger partial charge in [-0.05, 0) is 51.3 Å². The number of hydrogen-bond acceptors (Lipinski definition) is 2. The molecule has 0 aromatic heterocycles. The average Bonchev–Trinajstić information content (AvgIpc) is 2.48. The van der Waals surface area contributed by atoms with Crippen LogP contribution in [-0.4, -0.2) is 37.0 Å². The van der Waals surface area contributed by atoms with Crippen LogP contribution in [0.2, 0.25) is 0 Å². The van der Waals surface area contributed by atoms with Crippen molar-refractivity contribution in [2.45, 2.75) is 44.7 Å². The van der Waals surface area contributed by atoms with Gasteiger partial charge in [0, 0.05) is 19.1 Å². The smallest absolute Gasteiger partial charge is 0.256 e. The highest BCUT2D eigenvalue weighted by Crippen LogP contribution is 2.24. The third-order valence-electron chi connectivity index (χ3n) is 4.40. The second-order valence-corrected chi connectivity index (χ2v) is 5.65. The van der Waals surface area contributed by atoms with Gasteiger partial charge in [0.2, 0.25) is 0 Å². The summed E-state index contributed by atoms with van der Waals surface area (Å²) in [4.78, 5) is 14.2. The van der Waals surface area contributed by atoms with E-state index in [9.17, 15) is 9.18 Å². The van der Waals surface area contributed by atoms with Gasteiger partial charge in [0.15, 0.2) is 0 Å². The molecule has 1 saturated carbocycles. The molecule has 1 fully saturated rings. The Kier molecular flexibility index (Phi) is 4.76. The number of aryl methyl sites for hydroxylation is 1. The molecule has 20 heavy (non-hydrogen) atoms. The minimum atomic E-state index is -0.395. The summed E-state index contributed by atoms with van der Waals surface area (Å²) in [6, 6.07) is 5.75. The van der Waals surface area contributed by atoms with E-state index in [-0.39, 0.29) is 17.5 Å². The van der Waals surface area contributed by atoms with Crippen molar-refractivity contribution in [1.29, 1.82) is 0 Å². The van der Waals surface area contributed by atoms with E-state index in [0.717, 1.165) is 25.7 Å². The van der Waals surface area contributed by atoms with Crippen molar-refractivity contribution in [3.63, 3.8) is 0 Å². The molecule has 0 bridgehead atoms. The molecule has 0 unspecified atom stereocenters. The number of hydrogen-bond donors (Lipinski definition) is 1. The Hall–Kier alpha value is -1.42. The van der Waals surface area contributed by atoms with Gasteiger partial charge in [-0.15, -0.1) is 0 Å². The summed E-state index contributed by atoms with van der Waals surface area (Å²) in [5, 5.41) is 3.28. The number of nitrogens with zero attached hydrogens (tertiary/aromatic N) is 1. The van der Waals surface area contributed by atoms with Crippen LogP contribution in [0.15, 0.2) is 18.2 Å². The fraction of sp³-hybridized carbons (Fsp3) is 0.562. The van der Waals surface area contributed by atoms with Crippen LogP contribution in [0.4, 0.5) is 4.39 Å². The summed E-state index contributed by atoms with van der Waals surface area (Å²) >= 11 is 0. The Morgan fingerprint density at radius 1 is 1.30 bits per heavy atom. The van der Waals surface area contributed by atoms with Crippen LogP contribution in [0.25, 0.3) is 0 Å². The lowest BCUT2D eigenvalue weighted by Gasteiger charge is -2.34. The van der Waals surface area contributed by atoms with Crippen LogP contribution in [0, 0.1) is 12.7 Å². The zero-order valence-corrected chi connectivity index (χ0v) is 12.4. The average molecular weight is 278 g/mol. The molecule has 0 saturated heterocycles. The molecule has 1 aromatic carbocycles. The first kappa shape index (κ1) is 15.0. The molecule has 0 spiro atoms. The molecule has 0 atom stereocenters. The van der Waals surface area contributed by atoms with E-state index < -0.39 is 5.82 Å². The maximum atomic E-state index is 14.0. The summed E-state index contributed by atoms with van der Waals surface area (Å²) in [5.74, 6) is -0.604. The topological polar surface area (TPSA) is 32.3 Å². The van der Waals surface area contributed by atoms with Crippen molar-refractivity contribution in [1.82, 2.24) is 10.2 Å². The lowest BCUT2D eigenvalue weighted by molar-refractivity contribution is 0.0681. The van der Waals surface area contributed by atoms with Crippen LogP contribution in [0.1, 0.15) is 41.6 Å². The standard InChI is InChI=1S/C16H23FN2O/c1-11-5-4-6-14(15(11)17)16(20)19(3)13-9-7-12(18-2)8-10-13/h4-6,12-13,18H,7-10H2,1-3H3. The third-order valence-corrected chi connectivity index (χ3v) is 4.40. The van der Waals surface area contributed by atoms with Gasteiger partial charge in [-0.1, -0.05) is 12.1 Å². The Morgan fingerprint density at radius 3 is 2.55 bits per heavy atom. The monoisotopic (exact) mass is 278 g/mol. The lowest BCUT2D eigenvalue weighted by atomic mass is 9.90. The molecular weight excluding hydrogens is 255 g/mol. The highest BCUT2D eigenvalue weighted by atomic mass is 19.1. The van der Waals surface area contributed by atoms with E-state index >= 15 is 0 Å². The van der Waals surface area contributed by atoms with E-state index in [4.69, 9.17) is 0 Å². The van der Waals surface area contributed by atoms with Gasteiger partial charge < -0.3 is 10.2 Å². The molecular formula is C16H23FN2O. The van der Waals surface area contributed by atoms with E-state index in [1.54, 1.807) is 37.1 Å². The zero-order valence-electron chi connectivity index (χ0n) is 12.4. The number of rotatable bonds is 3. The highest BCUT2D eigenvalue weighted by molar-refractivity contribution is 5.94. The van der Waals surface area contributed by atoms with Crippen molar-refractivity contribution in [2.24, 2.45) is 0 Å². The van der Waals surface area contributed by atoms with E-state index in [1.807, 2.05) is 7.05 Å². The maximum absolute atomic E-state index is 14.0. The van der Waals surface area contributed by atoms with Crippen molar-refractivity contribution in [3.8, 4) is 0 Å². The summed E-state index contributed by atoms with van der Waals surface area (Å²) in [7, 11) is 3.76. The summed E-state index contributed by atoms with van der Waals surface area (Å²) in [6.07, 6.45) is 4.08. The highest BCUT2D eigenvalue weighted by Gasteiger charge is 2.27. The Balaban J connectivity index is 2.07. The lowest BCUT2D eigenvalue weighted by Crippen LogP contribution is -2.42. The number of carbonyl (C=O) groups excluding carboxylic acids is 1. The first-order valence-corrected chi connectivity index (χ1v) is 7.24. The zero-order chi connectivity index (χ0) is 14.7. The first-order valence-electron chi connectivity index (χ1n) is 7.24. The van der Waals surface area contributed by atoms with E-state index in [1.165, 1.54) is 0 Å². The van der Waals surface area contributed by atoms with Gasteiger partial charge in [0.1, 0.15) is 5.82 Å². The molecule has 110 valence electrons. The molecule has 0 heterocycles. The number of halogens is 1. The van der Waals surface area contributed by atoms with Crippen LogP contribution >= 0.6 is 0 Å². The molecule has 1 aromatic rings. The van der Waals surface area contributed by atoms with Crippen LogP contribution < -0.4 is 5.32 Å². The Bertz CT molecular complexity index is 481. The maximum Gasteiger partial charge on any atom is 0.256 e. The van der Waals surface area contributed by atoms with Crippen molar-refractivity contribution < 1.29 is 9.18 Å². The molecule has 3 nitrogen and oxygen atoms in total. The van der Waals surface area contributed by atoms with Gasteiger partial charge in [-0.2, -0.15) is 0 Å².